The molecule has 2 heterocycles. The number of benzene rings is 1. The lowest BCUT2D eigenvalue weighted by atomic mass is 10.2. The third-order valence-electron chi connectivity index (χ3n) is 4.55. The predicted molar refractivity (Wildman–Crippen MR) is 113 cm³/mol. The Kier molecular flexibility index (Phi) is 6.25. The Labute approximate surface area is 176 Å². The molecule has 1 atom stereocenters. The first kappa shape index (κ1) is 22.6. The summed E-state index contributed by atoms with van der Waals surface area (Å²) in [5.41, 5.74) is -0.880. The van der Waals surface area contributed by atoms with Crippen molar-refractivity contribution in [2.24, 2.45) is 7.05 Å². The average Bonchev–Trinajstić information content (AvgIpc) is 2.68. The van der Waals surface area contributed by atoms with E-state index in [1.54, 1.807) is 0 Å². The molecule has 1 aromatic carbocycles. The Morgan fingerprint density at radius 3 is 2.55 bits per heavy atom. The van der Waals surface area contributed by atoms with Crippen LogP contribution in [0.4, 0.5) is 15.8 Å². The maximum absolute atomic E-state index is 14.6. The minimum absolute atomic E-state index is 0.00167. The zero-order chi connectivity index (χ0) is 22.9. The number of fused-ring (bicyclic) bond motifs is 1. The van der Waals surface area contributed by atoms with Crippen molar-refractivity contribution in [3.05, 3.63) is 62.7 Å². The molecule has 3 aromatic rings. The van der Waals surface area contributed by atoms with Crippen molar-refractivity contribution in [2.75, 3.05) is 18.2 Å². The molecule has 3 N–H and O–H groups in total. The first-order valence-corrected chi connectivity index (χ1v) is 11.2. The van der Waals surface area contributed by atoms with Crippen molar-refractivity contribution in [3.63, 3.8) is 0 Å². The number of aliphatic hydroxyl groups is 2. The molecule has 0 aliphatic carbocycles. The van der Waals surface area contributed by atoms with Gasteiger partial charge in [0.05, 0.1) is 42.7 Å². The van der Waals surface area contributed by atoms with Crippen LogP contribution in [-0.2, 0) is 29.2 Å². The third-order valence-corrected chi connectivity index (χ3v) is 5.41. The lowest BCUT2D eigenvalue weighted by Crippen LogP contribution is -2.31. The van der Waals surface area contributed by atoms with Gasteiger partial charge < -0.3 is 15.5 Å². The van der Waals surface area contributed by atoms with Crippen molar-refractivity contribution in [1.29, 1.82) is 0 Å². The number of aryl methyl sites for hydroxylation is 1. The average molecular weight is 452 g/mol. The lowest BCUT2D eigenvalue weighted by Gasteiger charge is -2.15. The maximum atomic E-state index is 14.6. The summed E-state index contributed by atoms with van der Waals surface area (Å²) in [6.45, 7) is -0.789. The number of rotatable bonds is 7. The zero-order valence-corrected chi connectivity index (χ0v) is 17.6. The number of anilines is 2. The Balaban J connectivity index is 2.11. The van der Waals surface area contributed by atoms with Gasteiger partial charge in [0.1, 0.15) is 11.2 Å². The van der Waals surface area contributed by atoms with Gasteiger partial charge in [0.25, 0.3) is 11.1 Å². The fourth-order valence-electron chi connectivity index (χ4n) is 3.08. The second-order valence-corrected chi connectivity index (χ2v) is 9.34. The highest BCUT2D eigenvalue weighted by Gasteiger charge is 2.17. The van der Waals surface area contributed by atoms with Crippen LogP contribution >= 0.6 is 0 Å². The van der Waals surface area contributed by atoms with E-state index in [4.69, 9.17) is 5.11 Å². The molecule has 0 fully saturated rings. The van der Waals surface area contributed by atoms with E-state index in [9.17, 15) is 27.5 Å². The molecule has 0 aliphatic rings. The molecule has 0 amide bonds. The zero-order valence-electron chi connectivity index (χ0n) is 16.7. The fourth-order valence-corrected chi connectivity index (χ4v) is 3.86. The number of nitrogens with zero attached hydrogens (tertiary/aromatic N) is 3. The summed E-state index contributed by atoms with van der Waals surface area (Å²) < 4.78 is 39.7. The summed E-state index contributed by atoms with van der Waals surface area (Å²) >= 11 is 0. The molecule has 0 unspecified atom stereocenters. The first-order valence-electron chi connectivity index (χ1n) is 9.11. The van der Waals surface area contributed by atoms with Gasteiger partial charge >= 0.3 is 0 Å². The summed E-state index contributed by atoms with van der Waals surface area (Å²) in [4.78, 5) is 29.4. The van der Waals surface area contributed by atoms with Gasteiger partial charge in [-0.05, 0) is 17.7 Å². The highest BCUT2D eigenvalue weighted by Crippen LogP contribution is 2.24. The van der Waals surface area contributed by atoms with Crippen LogP contribution in [0.5, 0.6) is 0 Å². The molecule has 0 aliphatic heterocycles. The number of halogens is 1. The molecule has 0 bridgehead atoms. The summed E-state index contributed by atoms with van der Waals surface area (Å²) in [6.07, 6.45) is 0.989. The predicted octanol–water partition coefficient (Wildman–Crippen LogP) is -0.124. The van der Waals surface area contributed by atoms with Crippen LogP contribution in [0.1, 0.15) is 5.56 Å². The van der Waals surface area contributed by atoms with Crippen molar-refractivity contribution in [1.82, 2.24) is 14.1 Å². The van der Waals surface area contributed by atoms with Crippen LogP contribution in [0.15, 0.2) is 40.2 Å². The van der Waals surface area contributed by atoms with E-state index in [0.29, 0.717) is 0 Å². The smallest absolute Gasteiger partial charge is 0.264 e. The quantitative estimate of drug-likeness (QED) is 0.450. The summed E-state index contributed by atoms with van der Waals surface area (Å²) in [5, 5.41) is 21.4. The lowest BCUT2D eigenvalue weighted by molar-refractivity contribution is 0.0802. The third kappa shape index (κ3) is 4.98. The number of hydrogen-bond donors (Lipinski definition) is 3. The van der Waals surface area contributed by atoms with Gasteiger partial charge in [-0.2, -0.15) is 0 Å². The molecule has 0 saturated heterocycles. The Morgan fingerprint density at radius 2 is 1.94 bits per heavy atom. The van der Waals surface area contributed by atoms with Crippen LogP contribution < -0.4 is 16.4 Å². The van der Waals surface area contributed by atoms with E-state index in [1.165, 1.54) is 19.2 Å². The Bertz CT molecular complexity index is 1370. The molecule has 31 heavy (non-hydrogen) atoms. The van der Waals surface area contributed by atoms with Crippen molar-refractivity contribution >= 4 is 32.2 Å². The normalized spacial score (nSPS) is 12.8. The Hall–Kier alpha value is -3.09. The van der Waals surface area contributed by atoms with Crippen LogP contribution in [-0.4, -0.2) is 51.7 Å². The summed E-state index contributed by atoms with van der Waals surface area (Å²) in [6, 6.07) is 4.90. The largest absolute Gasteiger partial charge is 0.394 e. The van der Waals surface area contributed by atoms with Gasteiger partial charge in [-0.15, -0.1) is 0 Å². The molecule has 166 valence electrons. The van der Waals surface area contributed by atoms with E-state index in [0.717, 1.165) is 33.9 Å². The van der Waals surface area contributed by atoms with Gasteiger partial charge in [-0.3, -0.25) is 18.7 Å². The molecule has 3 rings (SSSR count). The Morgan fingerprint density at radius 1 is 1.23 bits per heavy atom. The summed E-state index contributed by atoms with van der Waals surface area (Å²) in [5.74, 6) is -1.10. The van der Waals surface area contributed by atoms with Crippen molar-refractivity contribution in [3.8, 4) is 0 Å². The highest BCUT2D eigenvalue weighted by molar-refractivity contribution is 7.89. The standard InChI is InChI=1S/C19H21FN4O6S/c1-23-16(27)6-15(17-18(23)21-10-24(19(17)28)7-12(26)8-25)22-14-4-3-11(5-13(14)20)9-31(2,29)30/h3-6,10,12,22,25-26H,7-9H2,1-2H3/t12-/m1/s1. The molecular weight excluding hydrogens is 431 g/mol. The molecule has 12 heteroatoms. The van der Waals surface area contributed by atoms with Crippen molar-refractivity contribution < 1.29 is 23.0 Å². The van der Waals surface area contributed by atoms with Crippen LogP contribution in [0.3, 0.4) is 0 Å². The van der Waals surface area contributed by atoms with Gasteiger partial charge in [0.2, 0.25) is 0 Å². The summed E-state index contributed by atoms with van der Waals surface area (Å²) in [7, 11) is -1.92. The van der Waals surface area contributed by atoms with Gasteiger partial charge in [0.15, 0.2) is 15.5 Å². The van der Waals surface area contributed by atoms with E-state index in [-0.39, 0.29) is 40.3 Å². The van der Waals surface area contributed by atoms with Crippen LogP contribution in [0.2, 0.25) is 0 Å². The first-order chi connectivity index (χ1) is 14.5. The van der Waals surface area contributed by atoms with Crippen molar-refractivity contribution in [2.45, 2.75) is 18.4 Å². The topological polar surface area (TPSA) is 144 Å². The maximum Gasteiger partial charge on any atom is 0.264 e. The van der Waals surface area contributed by atoms with E-state index in [1.807, 2.05) is 0 Å². The molecule has 0 saturated carbocycles. The second kappa shape index (κ2) is 8.57. The number of hydrogen-bond acceptors (Lipinski definition) is 8. The van der Waals surface area contributed by atoms with Crippen LogP contribution in [0.25, 0.3) is 11.0 Å². The molecular formula is C19H21FN4O6S. The minimum atomic E-state index is -3.35. The van der Waals surface area contributed by atoms with Gasteiger partial charge in [0, 0.05) is 19.4 Å². The van der Waals surface area contributed by atoms with E-state index < -0.39 is 39.5 Å². The second-order valence-electron chi connectivity index (χ2n) is 7.20. The number of pyridine rings is 1. The van der Waals surface area contributed by atoms with E-state index >= 15 is 0 Å². The van der Waals surface area contributed by atoms with Gasteiger partial charge in [-0.1, -0.05) is 6.07 Å². The number of aliphatic hydroxyl groups excluding tert-OH is 2. The molecule has 10 nitrogen and oxygen atoms in total. The highest BCUT2D eigenvalue weighted by atomic mass is 32.2. The number of sulfone groups is 1. The number of aromatic nitrogens is 3. The fraction of sp³-hybridized carbons (Fsp3) is 0.316. The molecule has 0 radical (unpaired) electrons. The van der Waals surface area contributed by atoms with Gasteiger partial charge in [-0.25, -0.2) is 17.8 Å². The molecule has 0 spiro atoms. The number of nitrogens with one attached hydrogen (secondary N) is 1. The molecule has 2 aromatic heterocycles. The SMILES string of the molecule is Cn1c(=O)cc(Nc2ccc(CS(C)(=O)=O)cc2F)c2c(=O)n(C[C@@H](O)CO)cnc21. The minimum Gasteiger partial charge on any atom is -0.394 e. The van der Waals surface area contributed by atoms with Crippen LogP contribution in [0, 0.1) is 5.82 Å². The monoisotopic (exact) mass is 452 g/mol. The van der Waals surface area contributed by atoms with E-state index in [2.05, 4.69) is 10.3 Å².